The Balaban J connectivity index is 1.89. The lowest BCUT2D eigenvalue weighted by molar-refractivity contribution is -0.120. The van der Waals surface area contributed by atoms with E-state index in [1.54, 1.807) is 18.0 Å². The van der Waals surface area contributed by atoms with Crippen molar-refractivity contribution >= 4 is 11.6 Å². The van der Waals surface area contributed by atoms with E-state index in [1.165, 1.54) is 0 Å². The Kier molecular flexibility index (Phi) is 4.93. The Labute approximate surface area is 113 Å². The highest BCUT2D eigenvalue weighted by Crippen LogP contribution is 2.31. The van der Waals surface area contributed by atoms with Crippen LogP contribution in [0.15, 0.2) is 12.4 Å². The molecule has 106 valence electrons. The molecule has 0 saturated heterocycles. The first-order chi connectivity index (χ1) is 9.24. The van der Waals surface area contributed by atoms with E-state index in [9.17, 15) is 4.79 Å². The number of amides is 1. The molecule has 0 aliphatic heterocycles. The minimum Gasteiger partial charge on any atom is -0.383 e. The lowest BCUT2D eigenvalue weighted by atomic mass is 9.95. The zero-order chi connectivity index (χ0) is 13.7. The molecule has 1 heterocycles. The predicted molar refractivity (Wildman–Crippen MR) is 72.6 cm³/mol. The summed E-state index contributed by atoms with van der Waals surface area (Å²) in [6.07, 6.45) is 6.57. The van der Waals surface area contributed by atoms with E-state index in [-0.39, 0.29) is 11.8 Å². The maximum Gasteiger partial charge on any atom is 0.227 e. The third-order valence-corrected chi connectivity index (χ3v) is 3.72. The Morgan fingerprint density at radius 1 is 1.63 bits per heavy atom. The molecule has 0 spiro atoms. The Bertz CT molecular complexity index is 419. The van der Waals surface area contributed by atoms with Crippen molar-refractivity contribution in [2.24, 2.45) is 17.6 Å². The van der Waals surface area contributed by atoms with Crippen LogP contribution >= 0.6 is 0 Å². The average molecular weight is 266 g/mol. The molecule has 6 heteroatoms. The molecule has 1 aromatic rings. The van der Waals surface area contributed by atoms with Gasteiger partial charge >= 0.3 is 0 Å². The van der Waals surface area contributed by atoms with Gasteiger partial charge in [0.05, 0.1) is 25.0 Å². The van der Waals surface area contributed by atoms with Crippen LogP contribution in [0.1, 0.15) is 19.3 Å². The summed E-state index contributed by atoms with van der Waals surface area (Å²) < 4.78 is 6.74. The summed E-state index contributed by atoms with van der Waals surface area (Å²) >= 11 is 0. The predicted octanol–water partition coefficient (Wildman–Crippen LogP) is 0.843. The van der Waals surface area contributed by atoms with Crippen molar-refractivity contribution in [2.75, 3.05) is 25.6 Å². The number of methoxy groups -OCH3 is 1. The van der Waals surface area contributed by atoms with Crippen molar-refractivity contribution in [3.05, 3.63) is 12.4 Å². The molecule has 1 aliphatic carbocycles. The van der Waals surface area contributed by atoms with Crippen molar-refractivity contribution < 1.29 is 9.53 Å². The summed E-state index contributed by atoms with van der Waals surface area (Å²) in [5, 5.41) is 7.10. The second-order valence-corrected chi connectivity index (χ2v) is 5.01. The second kappa shape index (κ2) is 6.68. The van der Waals surface area contributed by atoms with Gasteiger partial charge in [-0.05, 0) is 25.3 Å². The third-order valence-electron chi connectivity index (χ3n) is 3.72. The SMILES string of the molecule is COCCn1cc(NC(=O)C2CCCC2CN)cn1. The number of nitrogens with one attached hydrogen (secondary N) is 1. The van der Waals surface area contributed by atoms with E-state index in [2.05, 4.69) is 10.4 Å². The molecule has 0 bridgehead atoms. The van der Waals surface area contributed by atoms with E-state index in [0.29, 0.717) is 25.6 Å². The first-order valence-electron chi connectivity index (χ1n) is 6.77. The van der Waals surface area contributed by atoms with E-state index in [4.69, 9.17) is 10.5 Å². The first kappa shape index (κ1) is 14.0. The lowest BCUT2D eigenvalue weighted by Crippen LogP contribution is -2.29. The molecule has 2 unspecified atom stereocenters. The normalized spacial score (nSPS) is 22.6. The number of rotatable bonds is 6. The van der Waals surface area contributed by atoms with Crippen LogP contribution in [-0.2, 0) is 16.1 Å². The zero-order valence-corrected chi connectivity index (χ0v) is 11.3. The fourth-order valence-corrected chi connectivity index (χ4v) is 2.63. The molecular weight excluding hydrogens is 244 g/mol. The molecule has 1 saturated carbocycles. The van der Waals surface area contributed by atoms with E-state index in [0.717, 1.165) is 24.9 Å². The highest BCUT2D eigenvalue weighted by molar-refractivity contribution is 5.92. The van der Waals surface area contributed by atoms with Crippen LogP contribution in [0.5, 0.6) is 0 Å². The summed E-state index contributed by atoms with van der Waals surface area (Å²) in [6, 6.07) is 0. The molecule has 0 radical (unpaired) electrons. The maximum absolute atomic E-state index is 12.2. The number of carbonyl (C=O) groups is 1. The van der Waals surface area contributed by atoms with Crippen LogP contribution in [0, 0.1) is 11.8 Å². The van der Waals surface area contributed by atoms with Crippen LogP contribution in [-0.4, -0.2) is 35.9 Å². The van der Waals surface area contributed by atoms with Gasteiger partial charge in [-0.15, -0.1) is 0 Å². The summed E-state index contributed by atoms with van der Waals surface area (Å²) in [6.45, 7) is 1.87. The highest BCUT2D eigenvalue weighted by Gasteiger charge is 2.31. The molecule has 2 rings (SSSR count). The summed E-state index contributed by atoms with van der Waals surface area (Å²) in [4.78, 5) is 12.2. The van der Waals surface area contributed by atoms with E-state index >= 15 is 0 Å². The first-order valence-corrected chi connectivity index (χ1v) is 6.77. The van der Waals surface area contributed by atoms with Crippen molar-refractivity contribution in [3.8, 4) is 0 Å². The third kappa shape index (κ3) is 3.54. The number of ether oxygens (including phenoxy) is 1. The quantitative estimate of drug-likeness (QED) is 0.799. The summed E-state index contributed by atoms with van der Waals surface area (Å²) in [7, 11) is 1.65. The van der Waals surface area contributed by atoms with Crippen molar-refractivity contribution in [3.63, 3.8) is 0 Å². The van der Waals surface area contributed by atoms with E-state index < -0.39 is 0 Å². The molecule has 19 heavy (non-hydrogen) atoms. The largest absolute Gasteiger partial charge is 0.383 e. The van der Waals surface area contributed by atoms with Gasteiger partial charge in [0.1, 0.15) is 0 Å². The Morgan fingerprint density at radius 3 is 3.21 bits per heavy atom. The van der Waals surface area contributed by atoms with Gasteiger partial charge < -0.3 is 15.8 Å². The molecule has 2 atom stereocenters. The lowest BCUT2D eigenvalue weighted by Gasteiger charge is -2.16. The molecule has 1 amide bonds. The smallest absolute Gasteiger partial charge is 0.227 e. The highest BCUT2D eigenvalue weighted by atomic mass is 16.5. The number of hydrogen-bond donors (Lipinski definition) is 2. The second-order valence-electron chi connectivity index (χ2n) is 5.01. The molecule has 3 N–H and O–H groups in total. The number of nitrogens with zero attached hydrogens (tertiary/aromatic N) is 2. The molecule has 1 aromatic heterocycles. The number of carbonyl (C=O) groups excluding carboxylic acids is 1. The van der Waals surface area contributed by atoms with Crippen molar-refractivity contribution in [1.29, 1.82) is 0 Å². The van der Waals surface area contributed by atoms with Gasteiger partial charge in [0, 0.05) is 19.2 Å². The van der Waals surface area contributed by atoms with E-state index in [1.807, 2.05) is 6.20 Å². The van der Waals surface area contributed by atoms with Gasteiger partial charge in [0.2, 0.25) is 5.91 Å². The molecule has 1 aliphatic rings. The molecule has 6 nitrogen and oxygen atoms in total. The Hall–Kier alpha value is -1.40. The van der Waals surface area contributed by atoms with Crippen LogP contribution in [0.2, 0.25) is 0 Å². The van der Waals surface area contributed by atoms with Gasteiger partial charge in [-0.3, -0.25) is 9.48 Å². The van der Waals surface area contributed by atoms with Gasteiger partial charge in [0.15, 0.2) is 0 Å². The average Bonchev–Trinajstić information content (AvgIpc) is 3.04. The van der Waals surface area contributed by atoms with Crippen LogP contribution in [0.4, 0.5) is 5.69 Å². The monoisotopic (exact) mass is 266 g/mol. The number of anilines is 1. The minimum atomic E-state index is 0.0484. The Morgan fingerprint density at radius 2 is 2.47 bits per heavy atom. The topological polar surface area (TPSA) is 82.2 Å². The number of hydrogen-bond acceptors (Lipinski definition) is 4. The van der Waals surface area contributed by atoms with Gasteiger partial charge in [0.25, 0.3) is 0 Å². The standard InChI is InChI=1S/C13H22N4O2/c1-19-6-5-17-9-11(8-15-17)16-13(18)12-4-2-3-10(12)7-14/h8-10,12H,2-7,14H2,1H3,(H,16,18). The van der Waals surface area contributed by atoms with Crippen LogP contribution in [0.3, 0.4) is 0 Å². The molecule has 1 fully saturated rings. The number of aromatic nitrogens is 2. The van der Waals surface area contributed by atoms with Gasteiger partial charge in [-0.1, -0.05) is 6.42 Å². The zero-order valence-electron chi connectivity index (χ0n) is 11.3. The summed E-state index contributed by atoms with van der Waals surface area (Å²) in [5.74, 6) is 0.440. The fraction of sp³-hybridized carbons (Fsp3) is 0.692. The van der Waals surface area contributed by atoms with Gasteiger partial charge in [-0.25, -0.2) is 0 Å². The minimum absolute atomic E-state index is 0.0484. The number of nitrogens with two attached hydrogens (primary N) is 1. The maximum atomic E-state index is 12.2. The van der Waals surface area contributed by atoms with Crippen LogP contribution in [0.25, 0.3) is 0 Å². The van der Waals surface area contributed by atoms with Crippen molar-refractivity contribution in [1.82, 2.24) is 9.78 Å². The molecular formula is C13H22N4O2. The molecule has 0 aromatic carbocycles. The summed E-state index contributed by atoms with van der Waals surface area (Å²) in [5.41, 5.74) is 6.44. The van der Waals surface area contributed by atoms with Crippen LogP contribution < -0.4 is 11.1 Å². The fourth-order valence-electron chi connectivity index (χ4n) is 2.63. The van der Waals surface area contributed by atoms with Crippen molar-refractivity contribution in [2.45, 2.75) is 25.8 Å². The van der Waals surface area contributed by atoms with Gasteiger partial charge in [-0.2, -0.15) is 5.10 Å².